The number of hydrogen-bond donors (Lipinski definition) is 2. The van der Waals surface area contributed by atoms with Gasteiger partial charge in [-0.2, -0.15) is 0 Å². The van der Waals surface area contributed by atoms with Gasteiger partial charge < -0.3 is 5.11 Å². The van der Waals surface area contributed by atoms with Crippen LogP contribution < -0.4 is 11.2 Å². The monoisotopic (exact) mass is 194 g/mol. The van der Waals surface area contributed by atoms with Crippen LogP contribution in [0.1, 0.15) is 13.3 Å². The summed E-state index contributed by atoms with van der Waals surface area (Å²) in [6.07, 6.45) is 0.454. The molecule has 0 aliphatic carbocycles. The van der Waals surface area contributed by atoms with Crippen molar-refractivity contribution in [2.24, 2.45) is 0 Å². The lowest BCUT2D eigenvalue weighted by atomic mass is 10.4. The molecule has 0 radical (unpaired) electrons. The molecule has 0 amide bonds. The highest BCUT2D eigenvalue weighted by molar-refractivity contribution is 5.06. The number of rotatable bonds is 2. The van der Waals surface area contributed by atoms with Gasteiger partial charge in [0.2, 0.25) is 5.88 Å². The third kappa shape index (κ3) is 2.26. The Morgan fingerprint density at radius 2 is 2.29 bits per heavy atom. The highest BCUT2D eigenvalue weighted by atomic mass is 16.3. The van der Waals surface area contributed by atoms with Crippen molar-refractivity contribution < 1.29 is 5.11 Å². The second-order valence-corrected chi connectivity index (χ2v) is 2.63. The number of aromatic amines is 1. The molecule has 0 saturated heterocycles. The lowest BCUT2D eigenvalue weighted by Crippen LogP contribution is -2.29. The lowest BCUT2D eigenvalue weighted by Gasteiger charge is -2.03. The van der Waals surface area contributed by atoms with Crippen molar-refractivity contribution in [3.63, 3.8) is 0 Å². The summed E-state index contributed by atoms with van der Waals surface area (Å²) in [6.45, 7) is 1.96. The summed E-state index contributed by atoms with van der Waals surface area (Å²) in [5, 5.41) is 9.27. The molecule has 0 unspecified atom stereocenters. The molecule has 2 N–H and O–H groups in total. The van der Waals surface area contributed by atoms with Gasteiger partial charge in [0.25, 0.3) is 5.56 Å². The molecule has 1 aromatic heterocycles. The van der Waals surface area contributed by atoms with Crippen LogP contribution in [0.5, 0.6) is 5.88 Å². The first-order valence-corrected chi connectivity index (χ1v) is 4.08. The van der Waals surface area contributed by atoms with Crippen LogP contribution in [-0.4, -0.2) is 14.7 Å². The Morgan fingerprint density at radius 1 is 1.57 bits per heavy atom. The molecule has 5 nitrogen and oxygen atoms in total. The Labute approximate surface area is 80.0 Å². The van der Waals surface area contributed by atoms with Gasteiger partial charge in [0.05, 0.1) is 6.07 Å². The van der Waals surface area contributed by atoms with Crippen molar-refractivity contribution in [1.82, 2.24) is 9.55 Å². The smallest absolute Gasteiger partial charge is 0.331 e. The zero-order chi connectivity index (χ0) is 10.6. The van der Waals surface area contributed by atoms with Crippen LogP contribution in [0.4, 0.5) is 0 Å². The van der Waals surface area contributed by atoms with E-state index in [2.05, 4.69) is 16.8 Å². The van der Waals surface area contributed by atoms with Crippen LogP contribution in [0.3, 0.4) is 0 Å². The van der Waals surface area contributed by atoms with Crippen LogP contribution in [0, 0.1) is 11.8 Å². The van der Waals surface area contributed by atoms with E-state index < -0.39 is 11.2 Å². The minimum absolute atomic E-state index is 0.266. The van der Waals surface area contributed by atoms with Crippen LogP contribution in [-0.2, 0) is 6.54 Å². The average molecular weight is 194 g/mol. The van der Waals surface area contributed by atoms with Crippen molar-refractivity contribution >= 4 is 0 Å². The largest absolute Gasteiger partial charge is 0.494 e. The first-order chi connectivity index (χ1) is 6.65. The summed E-state index contributed by atoms with van der Waals surface area (Å²) in [7, 11) is 0. The highest BCUT2D eigenvalue weighted by Crippen LogP contribution is 2.00. The van der Waals surface area contributed by atoms with Crippen molar-refractivity contribution in [1.29, 1.82) is 0 Å². The Bertz CT molecular complexity index is 487. The zero-order valence-electron chi connectivity index (χ0n) is 7.70. The summed E-state index contributed by atoms with van der Waals surface area (Å²) in [6, 6.07) is 0.959. The molecule has 1 rings (SSSR count). The van der Waals surface area contributed by atoms with E-state index in [0.29, 0.717) is 6.42 Å². The van der Waals surface area contributed by atoms with Gasteiger partial charge in [0, 0.05) is 13.0 Å². The molecule has 0 saturated carbocycles. The van der Waals surface area contributed by atoms with Gasteiger partial charge in [-0.25, -0.2) is 4.79 Å². The van der Waals surface area contributed by atoms with Gasteiger partial charge in [-0.15, -0.1) is 11.8 Å². The molecule has 0 aliphatic rings. The van der Waals surface area contributed by atoms with E-state index in [1.54, 1.807) is 6.92 Å². The molecular weight excluding hydrogens is 184 g/mol. The molecule has 1 heterocycles. The van der Waals surface area contributed by atoms with E-state index in [1.165, 1.54) is 0 Å². The third-order valence-electron chi connectivity index (χ3n) is 1.65. The molecule has 0 bridgehead atoms. The van der Waals surface area contributed by atoms with Gasteiger partial charge in [0.1, 0.15) is 0 Å². The van der Waals surface area contributed by atoms with Crippen LogP contribution >= 0.6 is 0 Å². The number of aromatic hydroxyl groups is 1. The fraction of sp³-hybridized carbons (Fsp3) is 0.333. The fourth-order valence-electron chi connectivity index (χ4n) is 1.02. The fourth-order valence-corrected chi connectivity index (χ4v) is 1.02. The van der Waals surface area contributed by atoms with E-state index >= 15 is 0 Å². The summed E-state index contributed by atoms with van der Waals surface area (Å²) in [5.74, 6) is 5.09. The highest BCUT2D eigenvalue weighted by Gasteiger charge is 2.02. The van der Waals surface area contributed by atoms with Crippen molar-refractivity contribution in [2.75, 3.05) is 0 Å². The molecule has 0 atom stereocenters. The Balaban J connectivity index is 3.01. The van der Waals surface area contributed by atoms with E-state index in [1.807, 2.05) is 0 Å². The van der Waals surface area contributed by atoms with Crippen molar-refractivity contribution in [3.05, 3.63) is 26.9 Å². The molecule has 0 spiro atoms. The number of H-pyrrole nitrogens is 1. The number of aromatic nitrogens is 2. The topological polar surface area (TPSA) is 75.1 Å². The number of nitrogens with one attached hydrogen (secondary N) is 1. The van der Waals surface area contributed by atoms with Gasteiger partial charge in [-0.3, -0.25) is 14.3 Å². The summed E-state index contributed by atoms with van der Waals surface area (Å²) < 4.78 is 1.06. The summed E-state index contributed by atoms with van der Waals surface area (Å²) in [4.78, 5) is 23.9. The molecular formula is C9H10N2O3. The second kappa shape index (κ2) is 4.33. The quantitative estimate of drug-likeness (QED) is 0.632. The summed E-state index contributed by atoms with van der Waals surface area (Å²) >= 11 is 0. The molecule has 14 heavy (non-hydrogen) atoms. The Kier molecular flexibility index (Phi) is 3.13. The van der Waals surface area contributed by atoms with Gasteiger partial charge in [-0.1, -0.05) is 0 Å². The van der Waals surface area contributed by atoms with Gasteiger partial charge in [0.15, 0.2) is 0 Å². The van der Waals surface area contributed by atoms with E-state index in [9.17, 15) is 14.7 Å². The number of nitrogens with zero attached hydrogens (tertiary/aromatic N) is 1. The standard InChI is InChI=1S/C9H10N2O3/c1-2-3-4-5-11-8(13)6-7(12)10-9(11)14/h6,13H,4-5H2,1H3,(H,10,12,14). The van der Waals surface area contributed by atoms with E-state index in [4.69, 9.17) is 0 Å². The van der Waals surface area contributed by atoms with E-state index in [0.717, 1.165) is 10.6 Å². The predicted octanol–water partition coefficient (Wildman–Crippen LogP) is -0.344. The minimum atomic E-state index is -0.618. The maximum atomic E-state index is 11.2. The first-order valence-electron chi connectivity index (χ1n) is 4.08. The molecule has 0 aromatic carbocycles. The Hall–Kier alpha value is -1.96. The Morgan fingerprint density at radius 3 is 2.86 bits per heavy atom. The molecule has 1 aromatic rings. The van der Waals surface area contributed by atoms with Gasteiger partial charge >= 0.3 is 5.69 Å². The SMILES string of the molecule is CC#CCCn1c(O)cc(=O)[nH]c1=O. The first kappa shape index (κ1) is 10.1. The van der Waals surface area contributed by atoms with Crippen LogP contribution in [0.15, 0.2) is 15.7 Å². The molecule has 0 fully saturated rings. The summed E-state index contributed by atoms with van der Waals surface area (Å²) in [5.41, 5.74) is -1.22. The average Bonchev–Trinajstić information content (AvgIpc) is 2.09. The van der Waals surface area contributed by atoms with Crippen molar-refractivity contribution in [2.45, 2.75) is 19.9 Å². The minimum Gasteiger partial charge on any atom is -0.494 e. The van der Waals surface area contributed by atoms with Crippen molar-refractivity contribution in [3.8, 4) is 17.7 Å². The van der Waals surface area contributed by atoms with Crippen LogP contribution in [0.2, 0.25) is 0 Å². The third-order valence-corrected chi connectivity index (χ3v) is 1.65. The van der Waals surface area contributed by atoms with Gasteiger partial charge in [-0.05, 0) is 6.92 Å². The normalized spacial score (nSPS) is 9.21. The van der Waals surface area contributed by atoms with Crippen LogP contribution in [0.25, 0.3) is 0 Å². The predicted molar refractivity (Wildman–Crippen MR) is 51.1 cm³/mol. The maximum absolute atomic E-state index is 11.2. The molecule has 74 valence electrons. The lowest BCUT2D eigenvalue weighted by molar-refractivity contribution is 0.402. The number of hydrogen-bond acceptors (Lipinski definition) is 3. The second-order valence-electron chi connectivity index (χ2n) is 2.63. The molecule has 0 aliphatic heterocycles. The molecule has 5 heteroatoms. The maximum Gasteiger partial charge on any atom is 0.331 e. The zero-order valence-corrected chi connectivity index (χ0v) is 7.70. The van der Waals surface area contributed by atoms with E-state index in [-0.39, 0.29) is 12.4 Å².